The van der Waals surface area contributed by atoms with Gasteiger partial charge in [-0.2, -0.15) is 0 Å². The summed E-state index contributed by atoms with van der Waals surface area (Å²) >= 11 is 0. The van der Waals surface area contributed by atoms with Crippen molar-refractivity contribution in [1.29, 1.82) is 0 Å². The summed E-state index contributed by atoms with van der Waals surface area (Å²) in [5, 5.41) is 0. The quantitative estimate of drug-likeness (QED) is 0.582. The first-order valence-corrected chi connectivity index (χ1v) is 10.3. The van der Waals surface area contributed by atoms with Crippen LogP contribution >= 0.6 is 0 Å². The van der Waals surface area contributed by atoms with Crippen LogP contribution in [0.25, 0.3) is 0 Å². The van der Waals surface area contributed by atoms with Crippen LogP contribution < -0.4 is 0 Å². The Balaban J connectivity index is 2.44. The first kappa shape index (κ1) is 14.4. The molecule has 0 aromatic carbocycles. The Kier molecular flexibility index (Phi) is 3.41. The highest BCUT2D eigenvalue weighted by Crippen LogP contribution is 2.59. The van der Waals surface area contributed by atoms with Crippen LogP contribution in [0.2, 0.25) is 19.6 Å². The summed E-state index contributed by atoms with van der Waals surface area (Å²) in [6, 6.07) is 0. The maximum absolute atomic E-state index is 12.2. The molecule has 2 aliphatic rings. The third-order valence-corrected chi connectivity index (χ3v) is 4.61. The molecule has 0 radical (unpaired) electrons. The van der Waals surface area contributed by atoms with Crippen molar-refractivity contribution >= 4 is 14.1 Å². The fraction of sp³-hybridized carbons (Fsp3) is 0.667. The Bertz CT molecular complexity index is 466. The van der Waals surface area contributed by atoms with Crippen LogP contribution in [0.5, 0.6) is 0 Å². The molecule has 1 saturated carbocycles. The molecule has 0 unspecified atom stereocenters. The summed E-state index contributed by atoms with van der Waals surface area (Å²) in [7, 11) is -0.0262. The maximum atomic E-state index is 12.2. The van der Waals surface area contributed by atoms with Gasteiger partial charge in [0.1, 0.15) is 16.9 Å². The molecule has 0 saturated heterocycles. The zero-order valence-electron chi connectivity index (χ0n) is 12.8. The molecule has 0 bridgehead atoms. The van der Waals surface area contributed by atoms with E-state index in [-0.39, 0.29) is 5.78 Å². The second kappa shape index (κ2) is 4.51. The van der Waals surface area contributed by atoms with E-state index in [1.54, 1.807) is 7.11 Å². The van der Waals surface area contributed by atoms with E-state index in [2.05, 4.69) is 25.7 Å². The minimum Gasteiger partial charge on any atom is -0.545 e. The molecule has 2 aliphatic carbocycles. The zero-order chi connectivity index (χ0) is 14.4. The topological polar surface area (TPSA) is 35.5 Å². The van der Waals surface area contributed by atoms with E-state index in [1.165, 1.54) is 0 Å². The number of rotatable bonds is 4. The van der Waals surface area contributed by atoms with Crippen molar-refractivity contribution in [2.45, 2.75) is 46.3 Å². The van der Waals surface area contributed by atoms with Crippen LogP contribution in [0.3, 0.4) is 0 Å². The van der Waals surface area contributed by atoms with Crippen molar-refractivity contribution in [2.75, 3.05) is 7.11 Å². The molecular formula is C15H24O3Si. The van der Waals surface area contributed by atoms with Gasteiger partial charge >= 0.3 is 0 Å². The Hall–Kier alpha value is -1.03. The fourth-order valence-electron chi connectivity index (χ4n) is 3.20. The zero-order valence-corrected chi connectivity index (χ0v) is 13.8. The summed E-state index contributed by atoms with van der Waals surface area (Å²) in [4.78, 5) is 12.2. The van der Waals surface area contributed by atoms with Crippen LogP contribution in [-0.2, 0) is 14.0 Å². The van der Waals surface area contributed by atoms with Crippen molar-refractivity contribution in [1.82, 2.24) is 0 Å². The first-order chi connectivity index (χ1) is 8.70. The van der Waals surface area contributed by atoms with Crippen LogP contribution in [0.4, 0.5) is 0 Å². The molecule has 106 valence electrons. The number of allylic oxidation sites excluding steroid dienone is 3. The van der Waals surface area contributed by atoms with Gasteiger partial charge in [0.2, 0.25) is 8.32 Å². The molecule has 0 aromatic heterocycles. The number of fused-ring (bicyclic) bond motifs is 1. The van der Waals surface area contributed by atoms with E-state index < -0.39 is 13.7 Å². The number of Topliss-reactive ketones (excluding diaryl/α,β-unsaturated/α-hetero) is 1. The summed E-state index contributed by atoms with van der Waals surface area (Å²) in [6.07, 6.45) is 3.56. The van der Waals surface area contributed by atoms with E-state index in [0.29, 0.717) is 12.3 Å². The molecule has 0 amide bonds. The van der Waals surface area contributed by atoms with Crippen LogP contribution in [-0.4, -0.2) is 21.2 Å². The highest BCUT2D eigenvalue weighted by Gasteiger charge is 2.62. The Morgan fingerprint density at radius 1 is 1.32 bits per heavy atom. The molecule has 4 heteroatoms. The lowest BCUT2D eigenvalue weighted by Crippen LogP contribution is -2.47. The van der Waals surface area contributed by atoms with Gasteiger partial charge in [-0.1, -0.05) is 11.6 Å². The third-order valence-electron chi connectivity index (χ3n) is 3.75. The number of methoxy groups -OCH3 is 1. The third kappa shape index (κ3) is 2.26. The van der Waals surface area contributed by atoms with Crippen molar-refractivity contribution in [2.24, 2.45) is 11.3 Å². The summed E-state index contributed by atoms with van der Waals surface area (Å²) in [5.74, 6) is 2.27. The molecule has 0 aliphatic heterocycles. The standard InChI is InChI=1S/C15H24O3Si/c1-10(2)9-15-11(8-13(15)16)7-12(14(15)17-3)18-19(4,5)6/h9,11H,7-8H2,1-6H3/t11-,15-/m0/s1. The van der Waals surface area contributed by atoms with Gasteiger partial charge in [0, 0.05) is 12.8 Å². The van der Waals surface area contributed by atoms with Crippen LogP contribution in [0, 0.1) is 11.3 Å². The molecule has 0 aromatic rings. The molecule has 0 spiro atoms. The average Bonchev–Trinajstić information content (AvgIpc) is 2.45. The van der Waals surface area contributed by atoms with Crippen LogP contribution in [0.15, 0.2) is 23.2 Å². The normalized spacial score (nSPS) is 29.8. The minimum atomic E-state index is -1.68. The number of hydrogen-bond donors (Lipinski definition) is 0. The van der Waals surface area contributed by atoms with Gasteiger partial charge in [0.15, 0.2) is 5.78 Å². The number of hydrogen-bond acceptors (Lipinski definition) is 3. The lowest BCUT2D eigenvalue weighted by Gasteiger charge is -2.41. The number of ketones is 1. The fourth-order valence-corrected chi connectivity index (χ4v) is 4.12. The van der Waals surface area contributed by atoms with Gasteiger partial charge in [0.25, 0.3) is 0 Å². The Labute approximate surface area is 116 Å². The predicted octanol–water partition coefficient (Wildman–Crippen LogP) is 3.64. The van der Waals surface area contributed by atoms with E-state index in [9.17, 15) is 4.79 Å². The van der Waals surface area contributed by atoms with Gasteiger partial charge < -0.3 is 9.16 Å². The largest absolute Gasteiger partial charge is 0.545 e. The van der Waals surface area contributed by atoms with Crippen molar-refractivity contribution < 1.29 is 14.0 Å². The molecule has 3 nitrogen and oxygen atoms in total. The highest BCUT2D eigenvalue weighted by molar-refractivity contribution is 6.70. The summed E-state index contributed by atoms with van der Waals surface area (Å²) in [5.41, 5.74) is 0.629. The van der Waals surface area contributed by atoms with E-state index in [4.69, 9.17) is 9.16 Å². The highest BCUT2D eigenvalue weighted by atomic mass is 28.4. The van der Waals surface area contributed by atoms with Gasteiger partial charge in [-0.25, -0.2) is 0 Å². The summed E-state index contributed by atoms with van der Waals surface area (Å²) < 4.78 is 11.7. The van der Waals surface area contributed by atoms with Crippen molar-refractivity contribution in [3.05, 3.63) is 23.2 Å². The summed E-state index contributed by atoms with van der Waals surface area (Å²) in [6.45, 7) is 10.5. The predicted molar refractivity (Wildman–Crippen MR) is 78.1 cm³/mol. The molecule has 2 rings (SSSR count). The molecule has 0 N–H and O–H groups in total. The monoisotopic (exact) mass is 280 g/mol. The Morgan fingerprint density at radius 2 is 1.95 bits per heavy atom. The molecular weight excluding hydrogens is 256 g/mol. The average molecular weight is 280 g/mol. The van der Waals surface area contributed by atoms with Gasteiger partial charge in [-0.3, -0.25) is 4.79 Å². The van der Waals surface area contributed by atoms with Crippen LogP contribution in [0.1, 0.15) is 26.7 Å². The molecule has 19 heavy (non-hydrogen) atoms. The SMILES string of the molecule is COC1=C(O[Si](C)(C)C)C[C@H]2CC(=O)[C@@]12C=C(C)C. The van der Waals surface area contributed by atoms with Gasteiger partial charge in [-0.05, 0) is 39.4 Å². The first-order valence-electron chi connectivity index (χ1n) is 6.86. The lowest BCUT2D eigenvalue weighted by molar-refractivity contribution is -0.139. The minimum absolute atomic E-state index is 0.268. The van der Waals surface area contributed by atoms with E-state index >= 15 is 0 Å². The second-order valence-corrected chi connectivity index (χ2v) is 11.2. The Morgan fingerprint density at radius 3 is 2.37 bits per heavy atom. The number of carbonyl (C=O) groups is 1. The number of carbonyl (C=O) groups excluding carboxylic acids is 1. The molecule has 0 heterocycles. The van der Waals surface area contributed by atoms with E-state index in [0.717, 1.165) is 23.5 Å². The number of ether oxygens (including phenoxy) is 1. The maximum Gasteiger partial charge on any atom is 0.241 e. The smallest absolute Gasteiger partial charge is 0.241 e. The van der Waals surface area contributed by atoms with Gasteiger partial charge in [0.05, 0.1) is 7.11 Å². The van der Waals surface area contributed by atoms with Gasteiger partial charge in [-0.15, -0.1) is 0 Å². The second-order valence-electron chi connectivity index (χ2n) is 6.79. The van der Waals surface area contributed by atoms with Crippen molar-refractivity contribution in [3.8, 4) is 0 Å². The molecule has 2 atom stereocenters. The van der Waals surface area contributed by atoms with E-state index in [1.807, 2.05) is 13.8 Å². The lowest BCUT2D eigenvalue weighted by atomic mass is 9.59. The van der Waals surface area contributed by atoms with Crippen molar-refractivity contribution in [3.63, 3.8) is 0 Å². The molecule has 1 fully saturated rings.